The van der Waals surface area contributed by atoms with Crippen LogP contribution in [0.15, 0.2) is 22.4 Å². The summed E-state index contributed by atoms with van der Waals surface area (Å²) in [6, 6.07) is -1.71. The number of likely N-dealkylation sites (tertiary alicyclic amines) is 1. The number of carbonyl (C=O) groups excluding carboxylic acids is 1. The number of rotatable bonds is 9. The van der Waals surface area contributed by atoms with E-state index in [0.29, 0.717) is 6.42 Å². The number of carbonyl (C=O) groups is 2. The lowest BCUT2D eigenvalue weighted by atomic mass is 9.93. The van der Waals surface area contributed by atoms with Crippen LogP contribution in [0.5, 0.6) is 0 Å². The van der Waals surface area contributed by atoms with E-state index in [-0.39, 0.29) is 59.7 Å². The number of aromatic nitrogens is 6. The van der Waals surface area contributed by atoms with Crippen molar-refractivity contribution < 1.29 is 38.1 Å². The van der Waals surface area contributed by atoms with Crippen molar-refractivity contribution in [3.63, 3.8) is 0 Å². The number of aliphatic hydroxyl groups is 2. The maximum atomic E-state index is 13.3. The van der Waals surface area contributed by atoms with Crippen LogP contribution in [0.3, 0.4) is 0 Å². The van der Waals surface area contributed by atoms with E-state index in [1.807, 2.05) is 0 Å². The van der Waals surface area contributed by atoms with Gasteiger partial charge in [-0.05, 0) is 26.7 Å². The van der Waals surface area contributed by atoms with Gasteiger partial charge in [0, 0.05) is 19.1 Å². The second kappa shape index (κ2) is 12.6. The SMILES string of the molecule is CC1(C)Nc2nc(N)[nH]c(=O)c2N=C1C(=O)NC1CCN(CCS(=O)(=O)C[C@H]2O[C@@H](n3cnc4c(N)ncnc43)[C@@H](O)C2O)C(C(=O)O)C1. The number of imidazole rings is 1. The fourth-order valence-corrected chi connectivity index (χ4v) is 7.74. The topological polar surface area (TPSA) is 319 Å². The summed E-state index contributed by atoms with van der Waals surface area (Å²) < 4.78 is 33.4. The molecule has 0 bridgehead atoms. The number of amides is 1. The quantitative estimate of drug-likeness (QED) is 0.111. The number of aliphatic carboxylic acids is 1. The number of hydrogen-bond acceptors (Lipinski definition) is 17. The number of H-pyrrole nitrogens is 1. The molecule has 21 nitrogen and oxygen atoms in total. The van der Waals surface area contributed by atoms with Gasteiger partial charge < -0.3 is 42.2 Å². The summed E-state index contributed by atoms with van der Waals surface area (Å²) in [5.74, 6) is -2.82. The highest BCUT2D eigenvalue weighted by Crippen LogP contribution is 2.33. The molecule has 2 fully saturated rings. The van der Waals surface area contributed by atoms with Crippen molar-refractivity contribution in [2.45, 2.75) is 68.9 Å². The lowest BCUT2D eigenvalue weighted by Gasteiger charge is -2.38. The number of carboxylic acid groups (broad SMARTS) is 1. The van der Waals surface area contributed by atoms with Crippen LogP contribution in [-0.2, 0) is 24.2 Å². The van der Waals surface area contributed by atoms with Crippen LogP contribution in [0.25, 0.3) is 11.2 Å². The molecule has 2 saturated heterocycles. The number of piperidine rings is 1. The van der Waals surface area contributed by atoms with Gasteiger partial charge in [-0.15, -0.1) is 0 Å². The third kappa shape index (κ3) is 6.64. The zero-order valence-corrected chi connectivity index (χ0v) is 27.2. The van der Waals surface area contributed by atoms with Crippen LogP contribution in [0.2, 0.25) is 0 Å². The number of nitrogens with one attached hydrogen (secondary N) is 3. The number of nitrogen functional groups attached to an aromatic ring is 2. The van der Waals surface area contributed by atoms with E-state index >= 15 is 0 Å². The fraction of sp³-hybridized carbons (Fsp3) is 0.556. The molecule has 10 N–H and O–H groups in total. The molecule has 49 heavy (non-hydrogen) atoms. The summed E-state index contributed by atoms with van der Waals surface area (Å²) >= 11 is 0. The first kappa shape index (κ1) is 34.1. The lowest BCUT2D eigenvalue weighted by Crippen LogP contribution is -2.57. The molecule has 0 saturated carbocycles. The average molecular weight is 705 g/mol. The molecule has 6 rings (SSSR count). The molecule has 0 aliphatic carbocycles. The monoisotopic (exact) mass is 704 g/mol. The van der Waals surface area contributed by atoms with Gasteiger partial charge >= 0.3 is 5.97 Å². The van der Waals surface area contributed by atoms with E-state index in [1.54, 1.807) is 13.8 Å². The highest BCUT2D eigenvalue weighted by atomic mass is 32.2. The average Bonchev–Trinajstić information content (AvgIpc) is 3.56. The second-order valence-electron chi connectivity index (χ2n) is 12.7. The fourth-order valence-electron chi connectivity index (χ4n) is 6.28. The van der Waals surface area contributed by atoms with Gasteiger partial charge in [-0.3, -0.25) is 28.8 Å². The molecule has 22 heteroatoms. The smallest absolute Gasteiger partial charge is 0.320 e. The predicted octanol–water partition coefficient (Wildman–Crippen LogP) is -2.88. The number of nitrogens with two attached hydrogens (primary N) is 2. The molecule has 3 unspecified atom stereocenters. The van der Waals surface area contributed by atoms with E-state index in [4.69, 9.17) is 16.2 Å². The first-order valence-electron chi connectivity index (χ1n) is 15.2. The normalized spacial score (nSPS) is 26.9. The first-order valence-corrected chi connectivity index (χ1v) is 17.1. The Kier molecular flexibility index (Phi) is 8.77. The number of aliphatic hydroxyl groups excluding tert-OH is 2. The predicted molar refractivity (Wildman–Crippen MR) is 173 cm³/mol. The number of nitrogens with zero attached hydrogens (tertiary/aromatic N) is 7. The van der Waals surface area contributed by atoms with E-state index in [0.717, 1.165) is 0 Å². The number of carboxylic acids is 1. The van der Waals surface area contributed by atoms with Gasteiger partial charge in [-0.1, -0.05) is 0 Å². The number of aliphatic imine (C=N–C) groups is 1. The Morgan fingerprint density at radius 1 is 1.18 bits per heavy atom. The van der Waals surface area contributed by atoms with Crippen molar-refractivity contribution in [3.8, 4) is 0 Å². The molecular weight excluding hydrogens is 668 g/mol. The molecule has 3 aliphatic rings. The Hall–Kier alpha value is -4.77. The molecule has 6 atom stereocenters. The standard InChI is InChI=1S/C27H36N12O9S/c1-27(2)18(34-15-20(37-27)35-26(29)36-22(15)42)23(43)33-11-3-4-38(12(7-11)25(44)45)5-6-49(46,47)8-13-16(40)17(41)24(48-13)39-10-32-14-19(28)30-9-31-21(14)39/h9-13,16-17,24,40-41H,3-8H2,1-2H3,(H,33,43)(H,44,45)(H2,28,30,31)(H4,29,35,36,37,42)/t11?,12?,13-,16?,17+,24-/m1/s1. The molecular formula is C27H36N12O9S. The Morgan fingerprint density at radius 3 is 2.67 bits per heavy atom. The number of anilines is 3. The Morgan fingerprint density at radius 2 is 1.94 bits per heavy atom. The zero-order chi connectivity index (χ0) is 35.4. The molecule has 1 amide bonds. The minimum absolute atomic E-state index is 0.0141. The molecule has 3 aromatic rings. The highest BCUT2D eigenvalue weighted by molar-refractivity contribution is 7.91. The van der Waals surface area contributed by atoms with Gasteiger partial charge in [0.1, 0.15) is 41.9 Å². The van der Waals surface area contributed by atoms with Crippen LogP contribution in [-0.4, -0.2) is 136 Å². The van der Waals surface area contributed by atoms with Crippen LogP contribution in [0.4, 0.5) is 23.3 Å². The summed E-state index contributed by atoms with van der Waals surface area (Å²) in [5.41, 5.74) is 10.1. The first-order chi connectivity index (χ1) is 23.0. The molecule has 0 spiro atoms. The van der Waals surface area contributed by atoms with Gasteiger partial charge in [0.2, 0.25) is 5.95 Å². The minimum atomic E-state index is -3.94. The van der Waals surface area contributed by atoms with Gasteiger partial charge in [0.25, 0.3) is 11.5 Å². The van der Waals surface area contributed by atoms with Crippen LogP contribution in [0, 0.1) is 0 Å². The second-order valence-corrected chi connectivity index (χ2v) is 14.9. The largest absolute Gasteiger partial charge is 0.480 e. The van der Waals surface area contributed by atoms with E-state index in [9.17, 15) is 38.1 Å². The van der Waals surface area contributed by atoms with Crippen molar-refractivity contribution >= 4 is 61.9 Å². The summed E-state index contributed by atoms with van der Waals surface area (Å²) in [4.78, 5) is 62.1. The molecule has 3 aliphatic heterocycles. The van der Waals surface area contributed by atoms with Gasteiger partial charge in [-0.25, -0.2) is 28.4 Å². The summed E-state index contributed by atoms with van der Waals surface area (Å²) in [5, 5.41) is 37.1. The van der Waals surface area contributed by atoms with Gasteiger partial charge in [0.05, 0.1) is 23.4 Å². The third-order valence-electron chi connectivity index (χ3n) is 8.81. The Labute approximate surface area is 277 Å². The van der Waals surface area contributed by atoms with Crippen molar-refractivity contribution in [2.75, 3.05) is 41.4 Å². The number of hydrogen-bond donors (Lipinski definition) is 8. The molecule has 264 valence electrons. The maximum absolute atomic E-state index is 13.3. The number of sulfone groups is 1. The Bertz CT molecular complexity index is 2000. The van der Waals surface area contributed by atoms with Crippen LogP contribution in [0.1, 0.15) is 32.9 Å². The third-order valence-corrected chi connectivity index (χ3v) is 10.5. The Balaban J connectivity index is 1.07. The lowest BCUT2D eigenvalue weighted by molar-refractivity contribution is -0.145. The summed E-state index contributed by atoms with van der Waals surface area (Å²) in [6.07, 6.45) is -2.80. The molecule has 3 aromatic heterocycles. The number of aromatic amines is 1. The zero-order valence-electron chi connectivity index (χ0n) is 26.3. The summed E-state index contributed by atoms with van der Waals surface area (Å²) in [6.45, 7) is 3.34. The summed E-state index contributed by atoms with van der Waals surface area (Å²) in [7, 11) is -3.94. The molecule has 6 heterocycles. The van der Waals surface area contributed by atoms with Crippen molar-refractivity contribution in [1.82, 2.24) is 39.7 Å². The maximum Gasteiger partial charge on any atom is 0.320 e. The van der Waals surface area contributed by atoms with E-state index in [2.05, 4.69) is 40.5 Å². The highest BCUT2D eigenvalue weighted by Gasteiger charge is 2.46. The van der Waals surface area contributed by atoms with Crippen LogP contribution >= 0.6 is 0 Å². The van der Waals surface area contributed by atoms with Gasteiger partial charge in [0.15, 0.2) is 39.0 Å². The number of fused-ring (bicyclic) bond motifs is 2. The van der Waals surface area contributed by atoms with E-state index < -0.39 is 80.9 Å². The van der Waals surface area contributed by atoms with Crippen LogP contribution < -0.4 is 27.7 Å². The molecule has 0 radical (unpaired) electrons. The van der Waals surface area contributed by atoms with Crippen molar-refractivity contribution in [1.29, 1.82) is 0 Å². The van der Waals surface area contributed by atoms with Gasteiger partial charge in [-0.2, -0.15) is 4.98 Å². The van der Waals surface area contributed by atoms with E-state index in [1.165, 1.54) is 22.1 Å². The van der Waals surface area contributed by atoms with Crippen molar-refractivity contribution in [2.24, 2.45) is 4.99 Å². The molecule has 0 aromatic carbocycles. The minimum Gasteiger partial charge on any atom is -0.480 e. The number of ether oxygens (including phenoxy) is 1. The van der Waals surface area contributed by atoms with Crippen molar-refractivity contribution in [3.05, 3.63) is 23.0 Å².